The predicted molar refractivity (Wildman–Crippen MR) is 77.0 cm³/mol. The maximum Gasteiger partial charge on any atom is 0.240 e. The Balaban J connectivity index is 2.48. The molecule has 17 heavy (non-hydrogen) atoms. The molecule has 1 aromatic carbocycles. The van der Waals surface area contributed by atoms with Gasteiger partial charge < -0.3 is 0 Å². The minimum absolute atomic E-state index is 0.307. The number of nitrogens with one attached hydrogen (secondary N) is 1. The standard InChI is InChI=1S/C11H15Br2NO2S/c12-8-2-1-3-9-14-17(15,16)11-6-4-10(13)5-7-11/h4-7,14H,1-3,8-9H2. The van der Waals surface area contributed by atoms with E-state index in [2.05, 4.69) is 36.6 Å². The molecule has 0 aliphatic rings. The van der Waals surface area contributed by atoms with Crippen molar-refractivity contribution < 1.29 is 8.42 Å². The Morgan fingerprint density at radius 3 is 2.29 bits per heavy atom. The van der Waals surface area contributed by atoms with Crippen molar-refractivity contribution in [2.24, 2.45) is 0 Å². The van der Waals surface area contributed by atoms with Crippen molar-refractivity contribution in [3.63, 3.8) is 0 Å². The van der Waals surface area contributed by atoms with Gasteiger partial charge in [-0.1, -0.05) is 38.3 Å². The van der Waals surface area contributed by atoms with Gasteiger partial charge in [0.2, 0.25) is 10.0 Å². The van der Waals surface area contributed by atoms with Crippen LogP contribution in [0.3, 0.4) is 0 Å². The largest absolute Gasteiger partial charge is 0.240 e. The van der Waals surface area contributed by atoms with Crippen LogP contribution in [0.4, 0.5) is 0 Å². The van der Waals surface area contributed by atoms with Crippen LogP contribution in [0.25, 0.3) is 0 Å². The quantitative estimate of drug-likeness (QED) is 0.579. The second kappa shape index (κ2) is 7.51. The van der Waals surface area contributed by atoms with E-state index in [0.29, 0.717) is 11.4 Å². The molecule has 0 heterocycles. The van der Waals surface area contributed by atoms with Crippen LogP contribution in [0.15, 0.2) is 33.6 Å². The molecule has 3 nitrogen and oxygen atoms in total. The summed E-state index contributed by atoms with van der Waals surface area (Å²) in [5, 5.41) is 0.965. The molecule has 1 N–H and O–H groups in total. The number of alkyl halides is 1. The van der Waals surface area contributed by atoms with Crippen molar-refractivity contribution in [2.45, 2.75) is 24.2 Å². The first-order valence-electron chi connectivity index (χ1n) is 5.37. The van der Waals surface area contributed by atoms with Crippen LogP contribution in [0, 0.1) is 0 Å². The number of hydrogen-bond donors (Lipinski definition) is 1. The molecule has 0 fully saturated rings. The van der Waals surface area contributed by atoms with E-state index in [1.807, 2.05) is 0 Å². The van der Waals surface area contributed by atoms with Crippen LogP contribution in [-0.4, -0.2) is 20.3 Å². The van der Waals surface area contributed by atoms with Crippen molar-refractivity contribution >= 4 is 41.9 Å². The topological polar surface area (TPSA) is 46.2 Å². The van der Waals surface area contributed by atoms with Crippen LogP contribution in [0.1, 0.15) is 19.3 Å². The molecule has 1 rings (SSSR count). The molecule has 96 valence electrons. The molecule has 0 aliphatic carbocycles. The van der Waals surface area contributed by atoms with E-state index >= 15 is 0 Å². The van der Waals surface area contributed by atoms with E-state index in [4.69, 9.17) is 0 Å². The number of benzene rings is 1. The average molecular weight is 385 g/mol. The van der Waals surface area contributed by atoms with Crippen molar-refractivity contribution in [2.75, 3.05) is 11.9 Å². The van der Waals surface area contributed by atoms with Gasteiger partial charge in [-0.05, 0) is 37.1 Å². The summed E-state index contributed by atoms with van der Waals surface area (Å²) in [6.07, 6.45) is 2.95. The number of unbranched alkanes of at least 4 members (excludes halogenated alkanes) is 2. The van der Waals surface area contributed by atoms with Crippen molar-refractivity contribution in [3.8, 4) is 0 Å². The molecular weight excluding hydrogens is 370 g/mol. The van der Waals surface area contributed by atoms with Crippen LogP contribution in [0.2, 0.25) is 0 Å². The third-order valence-corrected chi connectivity index (χ3v) is 4.79. The Morgan fingerprint density at radius 1 is 1.06 bits per heavy atom. The molecule has 0 atom stereocenters. The van der Waals surface area contributed by atoms with Crippen molar-refractivity contribution in [3.05, 3.63) is 28.7 Å². The highest BCUT2D eigenvalue weighted by Gasteiger charge is 2.12. The first-order valence-corrected chi connectivity index (χ1v) is 8.77. The van der Waals surface area contributed by atoms with E-state index in [0.717, 1.165) is 29.1 Å². The van der Waals surface area contributed by atoms with Gasteiger partial charge in [0.15, 0.2) is 0 Å². The monoisotopic (exact) mass is 383 g/mol. The SMILES string of the molecule is O=S(=O)(NCCCCCBr)c1ccc(Br)cc1. The maximum absolute atomic E-state index is 11.8. The highest BCUT2D eigenvalue weighted by atomic mass is 79.9. The lowest BCUT2D eigenvalue weighted by atomic mass is 10.3. The summed E-state index contributed by atoms with van der Waals surface area (Å²) in [7, 11) is -3.35. The number of rotatable bonds is 7. The summed E-state index contributed by atoms with van der Waals surface area (Å²) in [4.78, 5) is 0.307. The molecule has 0 unspecified atom stereocenters. The van der Waals surface area contributed by atoms with Crippen molar-refractivity contribution in [1.29, 1.82) is 0 Å². The second-order valence-electron chi connectivity index (χ2n) is 3.60. The summed E-state index contributed by atoms with van der Waals surface area (Å²) in [6.45, 7) is 0.491. The Bertz CT molecular complexity index is 431. The third kappa shape index (κ3) is 5.50. The van der Waals surface area contributed by atoms with Gasteiger partial charge in [-0.3, -0.25) is 0 Å². The zero-order chi connectivity index (χ0) is 12.7. The van der Waals surface area contributed by atoms with Gasteiger partial charge in [-0.2, -0.15) is 0 Å². The fraction of sp³-hybridized carbons (Fsp3) is 0.455. The Morgan fingerprint density at radius 2 is 1.71 bits per heavy atom. The molecule has 0 saturated carbocycles. The minimum Gasteiger partial charge on any atom is -0.211 e. The van der Waals surface area contributed by atoms with Gasteiger partial charge in [-0.25, -0.2) is 13.1 Å². The summed E-state index contributed by atoms with van der Waals surface area (Å²) < 4.78 is 27.1. The first-order chi connectivity index (χ1) is 8.06. The normalized spacial score (nSPS) is 11.6. The molecule has 0 spiro atoms. The number of hydrogen-bond acceptors (Lipinski definition) is 2. The van der Waals surface area contributed by atoms with E-state index < -0.39 is 10.0 Å². The Hall–Kier alpha value is 0.0900. The molecule has 6 heteroatoms. The van der Waals surface area contributed by atoms with Crippen molar-refractivity contribution in [1.82, 2.24) is 4.72 Å². The molecule has 0 amide bonds. The average Bonchev–Trinajstić information content (AvgIpc) is 2.29. The summed E-state index contributed by atoms with van der Waals surface area (Å²) in [5.74, 6) is 0. The lowest BCUT2D eigenvalue weighted by Gasteiger charge is -2.06. The van der Waals surface area contributed by atoms with E-state index in [9.17, 15) is 8.42 Å². The highest BCUT2D eigenvalue weighted by Crippen LogP contribution is 2.14. The minimum atomic E-state index is -3.35. The van der Waals surface area contributed by atoms with Crippen LogP contribution < -0.4 is 4.72 Å². The number of halogens is 2. The molecule has 0 aromatic heterocycles. The molecular formula is C11H15Br2NO2S. The zero-order valence-corrected chi connectivity index (χ0v) is 13.3. The maximum atomic E-state index is 11.8. The third-order valence-electron chi connectivity index (χ3n) is 2.23. The van der Waals surface area contributed by atoms with E-state index in [1.165, 1.54) is 0 Å². The van der Waals surface area contributed by atoms with Crippen LogP contribution in [0.5, 0.6) is 0 Å². The second-order valence-corrected chi connectivity index (χ2v) is 7.08. The first kappa shape index (κ1) is 15.1. The van der Waals surface area contributed by atoms with Crippen LogP contribution >= 0.6 is 31.9 Å². The van der Waals surface area contributed by atoms with E-state index in [1.54, 1.807) is 24.3 Å². The van der Waals surface area contributed by atoms with Gasteiger partial charge in [0.1, 0.15) is 0 Å². The fourth-order valence-corrected chi connectivity index (χ4v) is 3.03. The Labute approximate surface area is 119 Å². The smallest absolute Gasteiger partial charge is 0.211 e. The van der Waals surface area contributed by atoms with Gasteiger partial charge in [0.25, 0.3) is 0 Å². The lowest BCUT2D eigenvalue weighted by molar-refractivity contribution is 0.576. The molecule has 1 aromatic rings. The zero-order valence-electron chi connectivity index (χ0n) is 9.33. The summed E-state index contributed by atoms with van der Waals surface area (Å²) in [5.41, 5.74) is 0. The van der Waals surface area contributed by atoms with Crippen LogP contribution in [-0.2, 0) is 10.0 Å². The fourth-order valence-electron chi connectivity index (χ4n) is 1.30. The number of sulfonamides is 1. The highest BCUT2D eigenvalue weighted by molar-refractivity contribution is 9.10. The van der Waals surface area contributed by atoms with Gasteiger partial charge >= 0.3 is 0 Å². The van der Waals surface area contributed by atoms with E-state index in [-0.39, 0.29) is 0 Å². The molecule has 0 radical (unpaired) electrons. The molecule has 0 bridgehead atoms. The Kier molecular flexibility index (Phi) is 6.69. The molecule has 0 aliphatic heterocycles. The van der Waals surface area contributed by atoms with Gasteiger partial charge in [0.05, 0.1) is 4.90 Å². The van der Waals surface area contributed by atoms with Gasteiger partial charge in [0, 0.05) is 16.3 Å². The van der Waals surface area contributed by atoms with Gasteiger partial charge in [-0.15, -0.1) is 0 Å². The molecule has 0 saturated heterocycles. The summed E-state index contributed by atoms with van der Waals surface area (Å²) >= 11 is 6.61. The predicted octanol–water partition coefficient (Wildman–Crippen LogP) is 3.29. The summed E-state index contributed by atoms with van der Waals surface area (Å²) in [6, 6.07) is 6.62. The lowest BCUT2D eigenvalue weighted by Crippen LogP contribution is -2.24.